The topological polar surface area (TPSA) is 26.3 Å². The predicted molar refractivity (Wildman–Crippen MR) is 107 cm³/mol. The van der Waals surface area contributed by atoms with Gasteiger partial charge in [0.25, 0.3) is 0 Å². The number of esters is 1. The molecule has 3 aromatic carbocycles. The van der Waals surface area contributed by atoms with E-state index in [0.717, 1.165) is 4.90 Å². The molecular formula is C23H23O2S+. The summed E-state index contributed by atoms with van der Waals surface area (Å²) in [5, 5.41) is 0. The molecule has 0 aromatic heterocycles. The Morgan fingerprint density at radius 1 is 0.731 bits per heavy atom. The lowest BCUT2D eigenvalue weighted by Crippen LogP contribution is -2.25. The molecule has 0 aliphatic rings. The van der Waals surface area contributed by atoms with Crippen molar-refractivity contribution in [3.63, 3.8) is 0 Å². The molecule has 0 unspecified atom stereocenters. The van der Waals surface area contributed by atoms with E-state index >= 15 is 0 Å². The molecule has 2 nitrogen and oxygen atoms in total. The van der Waals surface area contributed by atoms with Gasteiger partial charge in [0.15, 0.2) is 14.7 Å². The van der Waals surface area contributed by atoms with E-state index in [1.165, 1.54) is 9.79 Å². The Morgan fingerprint density at radius 2 is 1.19 bits per heavy atom. The van der Waals surface area contributed by atoms with Crippen molar-refractivity contribution in [2.45, 2.75) is 41.1 Å². The largest absolute Gasteiger partial charge is 0.456 e. The van der Waals surface area contributed by atoms with Crippen LogP contribution in [0.5, 0.6) is 0 Å². The molecule has 3 aromatic rings. The molecule has 0 heterocycles. The average Bonchev–Trinajstić information content (AvgIpc) is 2.63. The first-order valence-electron chi connectivity index (χ1n) is 8.62. The molecule has 0 N–H and O–H groups in total. The van der Waals surface area contributed by atoms with Crippen LogP contribution in [0.3, 0.4) is 0 Å². The molecule has 0 spiro atoms. The summed E-state index contributed by atoms with van der Waals surface area (Å²) >= 11 is 0. The van der Waals surface area contributed by atoms with Gasteiger partial charge in [0.2, 0.25) is 0 Å². The van der Waals surface area contributed by atoms with E-state index in [0.29, 0.717) is 5.56 Å². The highest BCUT2D eigenvalue weighted by Gasteiger charge is 2.34. The first-order chi connectivity index (χ1) is 12.5. The van der Waals surface area contributed by atoms with Gasteiger partial charge in [-0.2, -0.15) is 0 Å². The zero-order valence-corrected chi connectivity index (χ0v) is 16.1. The maximum atomic E-state index is 12.8. The van der Waals surface area contributed by atoms with E-state index in [2.05, 4.69) is 24.3 Å². The Hall–Kier alpha value is -2.52. The lowest BCUT2D eigenvalue weighted by Gasteiger charge is -2.20. The Bertz CT molecular complexity index is 828. The highest BCUT2D eigenvalue weighted by molar-refractivity contribution is 7.97. The maximum Gasteiger partial charge on any atom is 0.343 e. The molecule has 3 heteroatoms. The minimum Gasteiger partial charge on any atom is -0.456 e. The monoisotopic (exact) mass is 363 g/mol. The smallest absolute Gasteiger partial charge is 0.343 e. The molecule has 0 aliphatic heterocycles. The van der Waals surface area contributed by atoms with E-state index in [9.17, 15) is 4.79 Å². The van der Waals surface area contributed by atoms with E-state index in [4.69, 9.17) is 4.74 Å². The van der Waals surface area contributed by atoms with Gasteiger partial charge in [0.1, 0.15) is 22.1 Å². The zero-order valence-electron chi connectivity index (χ0n) is 15.3. The fourth-order valence-corrected chi connectivity index (χ4v) is 4.87. The van der Waals surface area contributed by atoms with Crippen LogP contribution in [0, 0.1) is 0 Å². The quantitative estimate of drug-likeness (QED) is 0.436. The predicted octanol–water partition coefficient (Wildman–Crippen LogP) is 5.74. The summed E-state index contributed by atoms with van der Waals surface area (Å²) in [4.78, 5) is 16.2. The lowest BCUT2D eigenvalue weighted by molar-refractivity contribution is 0.00655. The van der Waals surface area contributed by atoms with Gasteiger partial charge >= 0.3 is 5.97 Å². The number of hydrogen-bond acceptors (Lipinski definition) is 2. The van der Waals surface area contributed by atoms with Gasteiger partial charge in [0.05, 0.1) is 0 Å². The SMILES string of the molecule is CC(C)(C)OC(=O)c1ccccc1[S+](c1ccccc1)c1ccccc1. The van der Waals surface area contributed by atoms with Crippen LogP contribution in [-0.4, -0.2) is 11.6 Å². The molecule has 0 amide bonds. The Kier molecular flexibility index (Phi) is 5.48. The third-order valence-electron chi connectivity index (χ3n) is 3.68. The van der Waals surface area contributed by atoms with Crippen LogP contribution < -0.4 is 0 Å². The molecular weight excluding hydrogens is 340 g/mol. The average molecular weight is 364 g/mol. The van der Waals surface area contributed by atoms with Crippen molar-refractivity contribution in [3.05, 3.63) is 90.5 Å². The van der Waals surface area contributed by atoms with Gasteiger partial charge in [-0.1, -0.05) is 48.5 Å². The first-order valence-corrected chi connectivity index (χ1v) is 9.85. The number of carbonyl (C=O) groups is 1. The van der Waals surface area contributed by atoms with Crippen molar-refractivity contribution in [1.29, 1.82) is 0 Å². The number of carbonyl (C=O) groups excluding carboxylic acids is 1. The van der Waals surface area contributed by atoms with Gasteiger partial charge in [-0.15, -0.1) is 0 Å². The number of rotatable bonds is 4. The molecule has 0 bridgehead atoms. The summed E-state index contributed by atoms with van der Waals surface area (Å²) < 4.78 is 5.65. The standard InChI is InChI=1S/C23H23O2S/c1-23(2,3)25-22(24)20-16-10-11-17-21(20)26(18-12-6-4-7-13-18)19-14-8-5-9-15-19/h4-17H,1-3H3/q+1. The van der Waals surface area contributed by atoms with E-state index in [1.54, 1.807) is 0 Å². The van der Waals surface area contributed by atoms with Crippen LogP contribution in [0.2, 0.25) is 0 Å². The van der Waals surface area contributed by atoms with Crippen molar-refractivity contribution >= 4 is 16.9 Å². The summed E-state index contributed by atoms with van der Waals surface area (Å²) in [6.45, 7) is 5.67. The fraction of sp³-hybridized carbons (Fsp3) is 0.174. The number of hydrogen-bond donors (Lipinski definition) is 0. The van der Waals surface area contributed by atoms with Crippen LogP contribution in [0.15, 0.2) is 99.6 Å². The third-order valence-corrected chi connectivity index (χ3v) is 5.97. The minimum atomic E-state index is -0.525. The highest BCUT2D eigenvalue weighted by Crippen LogP contribution is 2.33. The highest BCUT2D eigenvalue weighted by atomic mass is 32.2. The van der Waals surface area contributed by atoms with Gasteiger partial charge in [0, 0.05) is 0 Å². The summed E-state index contributed by atoms with van der Waals surface area (Å²) in [5.74, 6) is -0.280. The molecule has 0 fully saturated rings. The summed E-state index contributed by atoms with van der Waals surface area (Å²) in [6.07, 6.45) is 0. The van der Waals surface area contributed by atoms with Crippen LogP contribution >= 0.6 is 0 Å². The van der Waals surface area contributed by atoms with Crippen LogP contribution in [-0.2, 0) is 15.6 Å². The number of ether oxygens (including phenoxy) is 1. The molecule has 0 radical (unpaired) electrons. The number of benzene rings is 3. The lowest BCUT2D eigenvalue weighted by atomic mass is 10.1. The zero-order chi connectivity index (χ0) is 18.6. The summed E-state index contributed by atoms with van der Waals surface area (Å²) in [6, 6.07) is 28.4. The van der Waals surface area contributed by atoms with Crippen molar-refractivity contribution in [1.82, 2.24) is 0 Å². The Labute approximate surface area is 158 Å². The van der Waals surface area contributed by atoms with Gasteiger partial charge in [-0.05, 0) is 57.2 Å². The van der Waals surface area contributed by atoms with E-state index < -0.39 is 5.60 Å². The van der Waals surface area contributed by atoms with Crippen molar-refractivity contribution in [2.24, 2.45) is 0 Å². The molecule has 3 rings (SSSR count). The molecule has 0 aliphatic carbocycles. The normalized spacial score (nSPS) is 11.4. The van der Waals surface area contributed by atoms with E-state index in [1.807, 2.05) is 81.4 Å². The second-order valence-electron chi connectivity index (χ2n) is 6.93. The maximum absolute atomic E-state index is 12.8. The van der Waals surface area contributed by atoms with Crippen LogP contribution in [0.4, 0.5) is 0 Å². The van der Waals surface area contributed by atoms with Crippen molar-refractivity contribution in [2.75, 3.05) is 0 Å². The van der Waals surface area contributed by atoms with Gasteiger partial charge in [-0.3, -0.25) is 0 Å². The summed E-state index contributed by atoms with van der Waals surface area (Å²) in [5.41, 5.74) is 0.0981. The molecule has 0 atom stereocenters. The third kappa shape index (κ3) is 4.36. The summed E-state index contributed by atoms with van der Waals surface area (Å²) in [7, 11) is -0.376. The molecule has 0 saturated heterocycles. The van der Waals surface area contributed by atoms with E-state index in [-0.39, 0.29) is 16.9 Å². The molecule has 26 heavy (non-hydrogen) atoms. The van der Waals surface area contributed by atoms with Gasteiger partial charge < -0.3 is 4.74 Å². The first kappa shape index (κ1) is 18.3. The minimum absolute atomic E-state index is 0.280. The van der Waals surface area contributed by atoms with Crippen molar-refractivity contribution < 1.29 is 9.53 Å². The second kappa shape index (κ2) is 7.79. The second-order valence-corrected chi connectivity index (χ2v) is 8.93. The van der Waals surface area contributed by atoms with Crippen LogP contribution in [0.25, 0.3) is 0 Å². The molecule has 0 saturated carbocycles. The Morgan fingerprint density at radius 3 is 1.69 bits per heavy atom. The fourth-order valence-electron chi connectivity index (χ4n) is 2.65. The van der Waals surface area contributed by atoms with Crippen LogP contribution in [0.1, 0.15) is 31.1 Å². The van der Waals surface area contributed by atoms with Gasteiger partial charge in [-0.25, -0.2) is 4.79 Å². The Balaban J connectivity index is 2.13. The van der Waals surface area contributed by atoms with Crippen molar-refractivity contribution in [3.8, 4) is 0 Å². The molecule has 132 valence electrons.